The Labute approximate surface area is 60.2 Å². The third-order valence-corrected chi connectivity index (χ3v) is 2.22. The first-order chi connectivity index (χ1) is 3.50. The first-order valence-corrected chi connectivity index (χ1v) is 3.31. The molecule has 0 amide bonds. The van der Waals surface area contributed by atoms with Crippen LogP contribution in [0.25, 0.3) is 0 Å². The van der Waals surface area contributed by atoms with Crippen LogP contribution in [-0.4, -0.2) is 10.9 Å². The van der Waals surface area contributed by atoms with Crippen molar-refractivity contribution >= 4 is 28.8 Å². The highest BCUT2D eigenvalue weighted by atomic mass is 35.5. The van der Waals surface area contributed by atoms with Gasteiger partial charge in [-0.25, -0.2) is 0 Å². The molecule has 0 aromatic carbocycles. The quantitative estimate of drug-likeness (QED) is 0.479. The fourth-order valence-corrected chi connectivity index (χ4v) is 0.361. The van der Waals surface area contributed by atoms with Gasteiger partial charge >= 0.3 is 0 Å². The smallest absolute Gasteiger partial charge is 0.0796 e. The highest BCUT2D eigenvalue weighted by Crippen LogP contribution is 2.16. The van der Waals surface area contributed by atoms with Crippen LogP contribution in [0.3, 0.4) is 0 Å². The molecule has 1 nitrogen and oxygen atoms in total. The zero-order valence-corrected chi connectivity index (χ0v) is 6.64. The molecule has 0 aliphatic carbocycles. The van der Waals surface area contributed by atoms with Crippen LogP contribution in [0.1, 0.15) is 13.8 Å². The van der Waals surface area contributed by atoms with E-state index in [-0.39, 0.29) is 5.41 Å². The fourth-order valence-electron chi connectivity index (χ4n) is 0.0659. The van der Waals surface area contributed by atoms with E-state index in [2.05, 4.69) is 0 Å². The normalized spacial score (nSPS) is 11.4. The lowest BCUT2D eigenvalue weighted by Crippen LogP contribution is -2.30. The summed E-state index contributed by atoms with van der Waals surface area (Å²) >= 11 is 10.2. The standard InChI is InChI=1S/C5H10ClNS/c1-5(2,3-6)4(7)8/h3H2,1-2H3,(H2,7,8). The molecular weight excluding hydrogens is 142 g/mol. The Morgan fingerprint density at radius 2 is 2.12 bits per heavy atom. The predicted molar refractivity (Wildman–Crippen MR) is 41.3 cm³/mol. The number of nitrogens with two attached hydrogens (primary N) is 1. The second-order valence-corrected chi connectivity index (χ2v) is 3.09. The van der Waals surface area contributed by atoms with Crippen molar-refractivity contribution in [2.24, 2.45) is 11.1 Å². The highest BCUT2D eigenvalue weighted by Gasteiger charge is 2.18. The van der Waals surface area contributed by atoms with E-state index in [0.717, 1.165) is 0 Å². The number of rotatable bonds is 2. The molecule has 0 radical (unpaired) electrons. The number of halogens is 1. The largest absolute Gasteiger partial charge is 0.393 e. The zero-order chi connectivity index (χ0) is 6.78. The molecule has 0 fully saturated rings. The number of hydrogen-bond acceptors (Lipinski definition) is 1. The summed E-state index contributed by atoms with van der Waals surface area (Å²) in [6, 6.07) is 0. The van der Waals surface area contributed by atoms with Gasteiger partial charge in [0, 0.05) is 11.3 Å². The maximum absolute atomic E-state index is 5.52. The van der Waals surface area contributed by atoms with Crippen molar-refractivity contribution in [1.29, 1.82) is 0 Å². The van der Waals surface area contributed by atoms with E-state index in [1.165, 1.54) is 0 Å². The van der Waals surface area contributed by atoms with Crippen molar-refractivity contribution < 1.29 is 0 Å². The summed E-state index contributed by atoms with van der Waals surface area (Å²) in [5, 5.41) is 0. The Bertz CT molecular complexity index is 101. The maximum Gasteiger partial charge on any atom is 0.0796 e. The molecular formula is C5H10ClNS. The van der Waals surface area contributed by atoms with Gasteiger partial charge in [-0.05, 0) is 0 Å². The lowest BCUT2D eigenvalue weighted by atomic mass is 9.97. The molecule has 8 heavy (non-hydrogen) atoms. The van der Waals surface area contributed by atoms with Gasteiger partial charge in [-0.1, -0.05) is 26.1 Å². The molecule has 0 aliphatic heterocycles. The second kappa shape index (κ2) is 2.65. The summed E-state index contributed by atoms with van der Waals surface area (Å²) in [6.07, 6.45) is 0. The van der Waals surface area contributed by atoms with E-state index in [0.29, 0.717) is 10.9 Å². The van der Waals surface area contributed by atoms with Crippen molar-refractivity contribution in [3.8, 4) is 0 Å². The summed E-state index contributed by atoms with van der Waals surface area (Å²) in [5.41, 5.74) is 5.14. The first-order valence-electron chi connectivity index (χ1n) is 2.36. The van der Waals surface area contributed by atoms with Gasteiger partial charge in [-0.2, -0.15) is 0 Å². The average Bonchev–Trinajstić information content (AvgIpc) is 1.67. The number of hydrogen-bond donors (Lipinski definition) is 1. The maximum atomic E-state index is 5.52. The van der Waals surface area contributed by atoms with E-state index in [1.54, 1.807) is 0 Å². The molecule has 0 aliphatic rings. The van der Waals surface area contributed by atoms with Crippen molar-refractivity contribution in [2.75, 3.05) is 5.88 Å². The summed E-state index contributed by atoms with van der Waals surface area (Å²) < 4.78 is 0. The average molecular weight is 152 g/mol. The molecule has 0 heterocycles. The van der Waals surface area contributed by atoms with Crippen LogP contribution >= 0.6 is 23.8 Å². The summed E-state index contributed by atoms with van der Waals surface area (Å²) in [6.45, 7) is 3.84. The van der Waals surface area contributed by atoms with Crippen LogP contribution in [0.2, 0.25) is 0 Å². The van der Waals surface area contributed by atoms with Crippen LogP contribution in [0.15, 0.2) is 0 Å². The van der Waals surface area contributed by atoms with Gasteiger partial charge in [0.1, 0.15) is 0 Å². The molecule has 0 rings (SSSR count). The predicted octanol–water partition coefficient (Wildman–Crippen LogP) is 1.54. The Morgan fingerprint density at radius 1 is 1.75 bits per heavy atom. The van der Waals surface area contributed by atoms with Crippen molar-refractivity contribution in [3.05, 3.63) is 0 Å². The third kappa shape index (κ3) is 1.97. The molecule has 0 saturated heterocycles. The molecule has 0 atom stereocenters. The first kappa shape index (κ1) is 8.18. The SMILES string of the molecule is CC(C)(CCl)C(N)=S. The number of alkyl halides is 1. The topological polar surface area (TPSA) is 26.0 Å². The molecule has 0 aromatic heterocycles. The molecule has 0 aromatic rings. The van der Waals surface area contributed by atoms with Crippen LogP contribution in [0.5, 0.6) is 0 Å². The van der Waals surface area contributed by atoms with Crippen molar-refractivity contribution in [3.63, 3.8) is 0 Å². The molecule has 48 valence electrons. The molecule has 0 saturated carbocycles. The lowest BCUT2D eigenvalue weighted by molar-refractivity contribution is 0.604. The minimum Gasteiger partial charge on any atom is -0.393 e. The van der Waals surface area contributed by atoms with E-state index in [1.807, 2.05) is 13.8 Å². The van der Waals surface area contributed by atoms with Gasteiger partial charge in [-0.15, -0.1) is 11.6 Å². The molecule has 3 heteroatoms. The van der Waals surface area contributed by atoms with Crippen molar-refractivity contribution in [2.45, 2.75) is 13.8 Å². The van der Waals surface area contributed by atoms with E-state index < -0.39 is 0 Å². The molecule has 2 N–H and O–H groups in total. The highest BCUT2D eigenvalue weighted by molar-refractivity contribution is 7.80. The third-order valence-electron chi connectivity index (χ3n) is 1.00. The van der Waals surface area contributed by atoms with Crippen LogP contribution in [-0.2, 0) is 0 Å². The van der Waals surface area contributed by atoms with Crippen LogP contribution in [0.4, 0.5) is 0 Å². The second-order valence-electron chi connectivity index (χ2n) is 2.38. The van der Waals surface area contributed by atoms with Gasteiger partial charge < -0.3 is 5.73 Å². The van der Waals surface area contributed by atoms with Gasteiger partial charge in [0.25, 0.3) is 0 Å². The fraction of sp³-hybridized carbons (Fsp3) is 0.800. The van der Waals surface area contributed by atoms with Gasteiger partial charge in [0.15, 0.2) is 0 Å². The van der Waals surface area contributed by atoms with Crippen LogP contribution in [0, 0.1) is 5.41 Å². The summed E-state index contributed by atoms with van der Waals surface area (Å²) in [7, 11) is 0. The van der Waals surface area contributed by atoms with Gasteiger partial charge in [0.05, 0.1) is 4.99 Å². The zero-order valence-electron chi connectivity index (χ0n) is 5.07. The Morgan fingerprint density at radius 3 is 2.12 bits per heavy atom. The Hall–Kier alpha value is 0.180. The number of thiocarbonyl (C=S) groups is 1. The van der Waals surface area contributed by atoms with Gasteiger partial charge in [-0.3, -0.25) is 0 Å². The Balaban J connectivity index is 3.91. The molecule has 0 unspecified atom stereocenters. The monoisotopic (exact) mass is 151 g/mol. The minimum atomic E-state index is -0.184. The molecule has 0 spiro atoms. The summed E-state index contributed by atoms with van der Waals surface area (Å²) in [4.78, 5) is 0.479. The van der Waals surface area contributed by atoms with Crippen molar-refractivity contribution in [1.82, 2.24) is 0 Å². The van der Waals surface area contributed by atoms with Gasteiger partial charge in [0.2, 0.25) is 0 Å². The molecule has 0 bridgehead atoms. The van der Waals surface area contributed by atoms with Crippen LogP contribution < -0.4 is 5.73 Å². The minimum absolute atomic E-state index is 0.184. The summed E-state index contributed by atoms with van der Waals surface area (Å²) in [5.74, 6) is 0.488. The lowest BCUT2D eigenvalue weighted by Gasteiger charge is -2.18. The Kier molecular flexibility index (Phi) is 2.71. The van der Waals surface area contributed by atoms with E-state index in [4.69, 9.17) is 29.6 Å². The van der Waals surface area contributed by atoms with E-state index >= 15 is 0 Å². The van der Waals surface area contributed by atoms with E-state index in [9.17, 15) is 0 Å².